The van der Waals surface area contributed by atoms with E-state index in [0.29, 0.717) is 16.3 Å². The lowest BCUT2D eigenvalue weighted by molar-refractivity contribution is -0.152. The van der Waals surface area contributed by atoms with Crippen LogP contribution >= 0.6 is 11.6 Å². The molecule has 0 bridgehead atoms. The molecule has 174 valence electrons. The fourth-order valence-electron chi connectivity index (χ4n) is 3.39. The number of hydrogen-bond donors (Lipinski definition) is 0. The van der Waals surface area contributed by atoms with E-state index < -0.39 is 28.9 Å². The minimum absolute atomic E-state index is 0.0299. The zero-order valence-corrected chi connectivity index (χ0v) is 18.4. The molecule has 1 aromatic heterocycles. The normalized spacial score (nSPS) is 11.4. The molecule has 34 heavy (non-hydrogen) atoms. The van der Waals surface area contributed by atoms with Crippen molar-refractivity contribution in [2.24, 2.45) is 0 Å². The van der Waals surface area contributed by atoms with Gasteiger partial charge in [-0.2, -0.15) is 13.2 Å². The van der Waals surface area contributed by atoms with Crippen LogP contribution in [-0.4, -0.2) is 13.1 Å². The predicted molar refractivity (Wildman–Crippen MR) is 120 cm³/mol. The van der Waals surface area contributed by atoms with Gasteiger partial charge in [-0.1, -0.05) is 35.9 Å². The van der Waals surface area contributed by atoms with Gasteiger partial charge in [-0.15, -0.1) is 0 Å². The van der Waals surface area contributed by atoms with Gasteiger partial charge in [-0.3, -0.25) is 9.59 Å². The van der Waals surface area contributed by atoms with Crippen molar-refractivity contribution in [3.8, 4) is 22.6 Å². The van der Waals surface area contributed by atoms with Gasteiger partial charge in [0.15, 0.2) is 0 Å². The number of alkyl halides is 3. The Morgan fingerprint density at radius 2 is 1.62 bits per heavy atom. The molecule has 0 amide bonds. The summed E-state index contributed by atoms with van der Waals surface area (Å²) in [6, 6.07) is 15.8. The molecule has 0 aliphatic heterocycles. The van der Waals surface area contributed by atoms with Gasteiger partial charge in [0.1, 0.15) is 17.1 Å². The van der Waals surface area contributed by atoms with Crippen LogP contribution in [0.3, 0.4) is 0 Å². The van der Waals surface area contributed by atoms with Crippen LogP contribution in [0.5, 0.6) is 11.5 Å². The number of rotatable bonds is 5. The molecule has 0 unspecified atom stereocenters. The monoisotopic (exact) mass is 488 g/mol. The lowest BCUT2D eigenvalue weighted by Gasteiger charge is -2.13. The van der Waals surface area contributed by atoms with Crippen LogP contribution in [0, 0.1) is 0 Å². The summed E-state index contributed by atoms with van der Waals surface area (Å²) in [6.07, 6.45) is -5.02. The Labute approximate surface area is 196 Å². The number of ether oxygens (including phenoxy) is 2. The molecule has 4 aromatic rings. The van der Waals surface area contributed by atoms with Crippen LogP contribution in [0.1, 0.15) is 11.3 Å². The maximum Gasteiger partial charge on any atom is 0.450 e. The summed E-state index contributed by atoms with van der Waals surface area (Å²) in [5.41, 5.74) is -1.16. The molecule has 0 fully saturated rings. The molecule has 5 nitrogen and oxygen atoms in total. The topological polar surface area (TPSA) is 65.7 Å². The highest BCUT2D eigenvalue weighted by Crippen LogP contribution is 2.38. The van der Waals surface area contributed by atoms with E-state index in [2.05, 4.69) is 0 Å². The molecule has 0 N–H and O–H groups in total. The van der Waals surface area contributed by atoms with Gasteiger partial charge in [0.2, 0.25) is 11.2 Å². The predicted octanol–water partition coefficient (Wildman–Crippen LogP) is 6.29. The second-order valence-corrected chi connectivity index (χ2v) is 7.73. The van der Waals surface area contributed by atoms with Gasteiger partial charge in [-0.05, 0) is 47.5 Å². The molecule has 0 saturated heterocycles. The van der Waals surface area contributed by atoms with Crippen LogP contribution in [0.2, 0.25) is 5.02 Å². The Balaban J connectivity index is 1.72. The third-order valence-corrected chi connectivity index (χ3v) is 5.25. The fraction of sp³-hybridized carbons (Fsp3) is 0.120. The van der Waals surface area contributed by atoms with E-state index >= 15 is 0 Å². The molecule has 3 aromatic carbocycles. The summed E-state index contributed by atoms with van der Waals surface area (Å²) in [5.74, 6) is -1.72. The summed E-state index contributed by atoms with van der Waals surface area (Å²) in [6.45, 7) is 0. The highest BCUT2D eigenvalue weighted by atomic mass is 35.5. The summed E-state index contributed by atoms with van der Waals surface area (Å²) < 4.78 is 56.8. The van der Waals surface area contributed by atoms with Crippen molar-refractivity contribution < 1.29 is 31.9 Å². The van der Waals surface area contributed by atoms with Crippen molar-refractivity contribution >= 4 is 28.5 Å². The number of carbonyl (C=O) groups excluding carboxylic acids is 1. The lowest BCUT2D eigenvalue weighted by Crippen LogP contribution is -2.16. The van der Waals surface area contributed by atoms with E-state index in [1.165, 1.54) is 43.5 Å². The second kappa shape index (κ2) is 9.23. The van der Waals surface area contributed by atoms with Gasteiger partial charge >= 0.3 is 12.1 Å². The van der Waals surface area contributed by atoms with E-state index in [1.54, 1.807) is 24.3 Å². The highest BCUT2D eigenvalue weighted by molar-refractivity contribution is 6.30. The zero-order valence-electron chi connectivity index (χ0n) is 17.6. The number of carbonyl (C=O) groups is 1. The van der Waals surface area contributed by atoms with Crippen LogP contribution in [0.25, 0.3) is 22.1 Å². The molecule has 0 radical (unpaired) electrons. The molecule has 0 aliphatic carbocycles. The molecular formula is C25H16ClF3O5. The lowest BCUT2D eigenvalue weighted by atomic mass is 10.0. The number of benzene rings is 3. The van der Waals surface area contributed by atoms with Gasteiger partial charge in [0.25, 0.3) is 0 Å². The van der Waals surface area contributed by atoms with Crippen LogP contribution in [-0.2, 0) is 17.4 Å². The molecule has 0 spiro atoms. The van der Waals surface area contributed by atoms with Crippen LogP contribution < -0.4 is 14.9 Å². The van der Waals surface area contributed by atoms with Crippen molar-refractivity contribution in [3.05, 3.63) is 93.3 Å². The zero-order chi connectivity index (χ0) is 24.5. The average molecular weight is 489 g/mol. The third kappa shape index (κ3) is 4.92. The number of methoxy groups -OCH3 is 1. The molecule has 0 saturated carbocycles. The largest absolute Gasteiger partial charge is 0.497 e. The Kier molecular flexibility index (Phi) is 6.34. The highest BCUT2D eigenvalue weighted by Gasteiger charge is 2.39. The van der Waals surface area contributed by atoms with Gasteiger partial charge in [0.05, 0.1) is 24.5 Å². The van der Waals surface area contributed by atoms with Crippen molar-refractivity contribution in [1.29, 1.82) is 0 Å². The van der Waals surface area contributed by atoms with Gasteiger partial charge < -0.3 is 13.9 Å². The summed E-state index contributed by atoms with van der Waals surface area (Å²) in [4.78, 5) is 25.3. The summed E-state index contributed by atoms with van der Waals surface area (Å²) in [5, 5.41) is 0.424. The van der Waals surface area contributed by atoms with Crippen molar-refractivity contribution in [3.63, 3.8) is 0 Å². The first-order chi connectivity index (χ1) is 16.2. The van der Waals surface area contributed by atoms with Gasteiger partial charge in [0, 0.05) is 11.1 Å². The number of hydrogen-bond acceptors (Lipinski definition) is 5. The first-order valence-corrected chi connectivity index (χ1v) is 10.3. The molecule has 0 atom stereocenters. The first-order valence-electron chi connectivity index (χ1n) is 9.93. The minimum Gasteiger partial charge on any atom is -0.497 e. The Hall–Kier alpha value is -3.78. The number of fused-ring (bicyclic) bond motifs is 1. The Morgan fingerprint density at radius 1 is 0.971 bits per heavy atom. The van der Waals surface area contributed by atoms with Crippen molar-refractivity contribution in [1.82, 2.24) is 0 Å². The molecule has 0 aliphatic rings. The smallest absolute Gasteiger partial charge is 0.450 e. The van der Waals surface area contributed by atoms with E-state index in [-0.39, 0.29) is 28.7 Å². The van der Waals surface area contributed by atoms with E-state index in [1.807, 2.05) is 0 Å². The third-order valence-electron chi connectivity index (χ3n) is 4.99. The summed E-state index contributed by atoms with van der Waals surface area (Å²) >= 11 is 5.82. The van der Waals surface area contributed by atoms with Crippen molar-refractivity contribution in [2.75, 3.05) is 7.11 Å². The van der Waals surface area contributed by atoms with E-state index in [9.17, 15) is 22.8 Å². The van der Waals surface area contributed by atoms with Crippen LogP contribution in [0.15, 0.2) is 75.9 Å². The second-order valence-electron chi connectivity index (χ2n) is 7.30. The Bertz CT molecular complexity index is 1410. The fourth-order valence-corrected chi connectivity index (χ4v) is 3.52. The van der Waals surface area contributed by atoms with E-state index in [0.717, 1.165) is 6.07 Å². The quantitative estimate of drug-likeness (QED) is 0.244. The SMILES string of the molecule is COc1ccc(-c2c(C(F)(F)F)oc3cc(OC(=O)Cc4ccc(Cl)cc4)ccc3c2=O)cc1. The average Bonchev–Trinajstić information content (AvgIpc) is 2.80. The number of esters is 1. The van der Waals surface area contributed by atoms with Crippen molar-refractivity contribution in [2.45, 2.75) is 12.6 Å². The molecule has 4 rings (SSSR count). The molecule has 1 heterocycles. The summed E-state index contributed by atoms with van der Waals surface area (Å²) in [7, 11) is 1.42. The minimum atomic E-state index is -4.94. The Morgan fingerprint density at radius 3 is 2.24 bits per heavy atom. The first kappa shape index (κ1) is 23.4. The maximum atomic E-state index is 13.8. The van der Waals surface area contributed by atoms with Crippen LogP contribution in [0.4, 0.5) is 13.2 Å². The number of halogens is 4. The molecular weight excluding hydrogens is 473 g/mol. The van der Waals surface area contributed by atoms with E-state index in [4.69, 9.17) is 25.5 Å². The standard InChI is InChI=1S/C25H16ClF3O5/c1-32-17-8-4-15(5-9-17)22-23(31)19-11-10-18(13-20(19)34-24(22)25(27,28)29)33-21(30)12-14-2-6-16(26)7-3-14/h2-11,13H,12H2,1H3. The maximum absolute atomic E-state index is 13.8. The molecule has 9 heteroatoms. The van der Waals surface area contributed by atoms with Gasteiger partial charge in [-0.25, -0.2) is 0 Å².